The third kappa shape index (κ3) is 3.41. The van der Waals surface area contributed by atoms with Crippen LogP contribution in [-0.2, 0) is 4.74 Å². The van der Waals surface area contributed by atoms with Gasteiger partial charge in [0.1, 0.15) is 11.6 Å². The number of alkyl halides is 3. The van der Waals surface area contributed by atoms with Crippen molar-refractivity contribution in [2.75, 3.05) is 13.2 Å². The summed E-state index contributed by atoms with van der Waals surface area (Å²) >= 11 is 0. The van der Waals surface area contributed by atoms with Gasteiger partial charge in [0, 0.05) is 37.2 Å². The fourth-order valence-corrected chi connectivity index (χ4v) is 2.63. The molecule has 0 amide bonds. The van der Waals surface area contributed by atoms with E-state index >= 15 is 0 Å². The lowest BCUT2D eigenvalue weighted by atomic mass is 10.1. The number of ether oxygens (including phenoxy) is 2. The molecule has 2 heterocycles. The monoisotopic (exact) mass is 312 g/mol. The lowest BCUT2D eigenvalue weighted by molar-refractivity contribution is -0.274. The summed E-state index contributed by atoms with van der Waals surface area (Å²) < 4.78 is 48.3. The molecule has 1 aliphatic heterocycles. The Morgan fingerprint density at radius 3 is 2.73 bits per heavy atom. The van der Waals surface area contributed by atoms with Gasteiger partial charge < -0.3 is 14.0 Å². The Morgan fingerprint density at radius 1 is 1.23 bits per heavy atom. The zero-order chi connectivity index (χ0) is 15.6. The molecule has 0 spiro atoms. The van der Waals surface area contributed by atoms with Gasteiger partial charge in [-0.3, -0.25) is 0 Å². The van der Waals surface area contributed by atoms with Crippen molar-refractivity contribution in [3.05, 3.63) is 36.7 Å². The number of nitrogens with zero attached hydrogens (tertiary/aromatic N) is 2. The van der Waals surface area contributed by atoms with Crippen LogP contribution in [0.4, 0.5) is 13.2 Å². The summed E-state index contributed by atoms with van der Waals surface area (Å²) in [6.07, 6.45) is 0.531. The Balaban J connectivity index is 1.88. The van der Waals surface area contributed by atoms with E-state index in [1.54, 1.807) is 12.3 Å². The lowest BCUT2D eigenvalue weighted by Gasteiger charge is -2.25. The van der Waals surface area contributed by atoms with Crippen LogP contribution in [0.5, 0.6) is 5.75 Å². The Bertz CT molecular complexity index is 634. The number of halogens is 3. The lowest BCUT2D eigenvalue weighted by Crippen LogP contribution is -2.20. The van der Waals surface area contributed by atoms with E-state index in [1.807, 2.05) is 10.8 Å². The highest BCUT2D eigenvalue weighted by Gasteiger charge is 2.31. The summed E-state index contributed by atoms with van der Waals surface area (Å²) in [5.41, 5.74) is 0.596. The molecule has 0 atom stereocenters. The van der Waals surface area contributed by atoms with Gasteiger partial charge in [-0.25, -0.2) is 4.98 Å². The summed E-state index contributed by atoms with van der Waals surface area (Å²) in [5, 5.41) is 0. The Kier molecular flexibility index (Phi) is 4.06. The summed E-state index contributed by atoms with van der Waals surface area (Å²) in [5.74, 6) is 0.394. The zero-order valence-electron chi connectivity index (χ0n) is 11.7. The summed E-state index contributed by atoms with van der Waals surface area (Å²) in [4.78, 5) is 4.28. The smallest absolute Gasteiger partial charge is 0.406 e. The maximum absolute atomic E-state index is 12.3. The number of benzene rings is 1. The van der Waals surface area contributed by atoms with Crippen LogP contribution in [0.15, 0.2) is 36.7 Å². The van der Waals surface area contributed by atoms with E-state index in [1.165, 1.54) is 18.2 Å². The molecule has 0 aliphatic carbocycles. The molecule has 4 nitrogen and oxygen atoms in total. The van der Waals surface area contributed by atoms with Crippen LogP contribution in [0, 0.1) is 0 Å². The predicted octanol–water partition coefficient (Wildman–Crippen LogP) is 3.80. The molecule has 1 aromatic carbocycles. The fraction of sp³-hybridized carbons (Fsp3) is 0.400. The number of imidazole rings is 1. The topological polar surface area (TPSA) is 36.3 Å². The van der Waals surface area contributed by atoms with E-state index in [2.05, 4.69) is 9.72 Å². The second-order valence-corrected chi connectivity index (χ2v) is 5.08. The molecule has 1 fully saturated rings. The van der Waals surface area contributed by atoms with Crippen LogP contribution in [0.25, 0.3) is 11.4 Å². The van der Waals surface area contributed by atoms with Crippen LogP contribution in [0.2, 0.25) is 0 Å². The van der Waals surface area contributed by atoms with Crippen molar-refractivity contribution in [3.63, 3.8) is 0 Å². The van der Waals surface area contributed by atoms with E-state index in [9.17, 15) is 13.2 Å². The minimum Gasteiger partial charge on any atom is -0.406 e. The number of hydrogen-bond acceptors (Lipinski definition) is 3. The van der Waals surface area contributed by atoms with Gasteiger partial charge in [0.15, 0.2) is 0 Å². The fourth-order valence-electron chi connectivity index (χ4n) is 2.63. The van der Waals surface area contributed by atoms with E-state index in [-0.39, 0.29) is 11.8 Å². The molecular formula is C15H15F3N2O2. The summed E-state index contributed by atoms with van der Waals surface area (Å²) in [6, 6.07) is 6.13. The van der Waals surface area contributed by atoms with Crippen LogP contribution in [-0.4, -0.2) is 29.1 Å². The first-order valence-electron chi connectivity index (χ1n) is 7.00. The zero-order valence-corrected chi connectivity index (χ0v) is 11.7. The number of aromatic nitrogens is 2. The van der Waals surface area contributed by atoms with Crippen LogP contribution < -0.4 is 4.74 Å². The highest BCUT2D eigenvalue weighted by molar-refractivity contribution is 5.58. The number of hydrogen-bond donors (Lipinski definition) is 0. The summed E-state index contributed by atoms with van der Waals surface area (Å²) in [6.45, 7) is 1.36. The second kappa shape index (κ2) is 6.00. The minimum atomic E-state index is -4.70. The van der Waals surface area contributed by atoms with Crippen molar-refractivity contribution in [2.45, 2.75) is 25.2 Å². The quantitative estimate of drug-likeness (QED) is 0.865. The molecule has 0 N–H and O–H groups in total. The normalized spacial score (nSPS) is 16.7. The molecular weight excluding hydrogens is 297 g/mol. The molecule has 2 aromatic rings. The molecule has 118 valence electrons. The average Bonchev–Trinajstić information content (AvgIpc) is 2.96. The van der Waals surface area contributed by atoms with Gasteiger partial charge >= 0.3 is 6.36 Å². The van der Waals surface area contributed by atoms with E-state index in [0.29, 0.717) is 24.6 Å². The van der Waals surface area contributed by atoms with Crippen molar-refractivity contribution < 1.29 is 22.6 Å². The minimum absolute atomic E-state index is 0.244. The molecule has 22 heavy (non-hydrogen) atoms. The van der Waals surface area contributed by atoms with Crippen molar-refractivity contribution >= 4 is 0 Å². The van der Waals surface area contributed by atoms with Crippen LogP contribution >= 0.6 is 0 Å². The third-order valence-electron chi connectivity index (χ3n) is 3.58. The molecule has 0 unspecified atom stereocenters. The first-order valence-corrected chi connectivity index (χ1v) is 7.00. The highest BCUT2D eigenvalue weighted by Crippen LogP contribution is 2.30. The Hall–Kier alpha value is -2.02. The van der Waals surface area contributed by atoms with Crippen molar-refractivity contribution in [1.82, 2.24) is 9.55 Å². The first-order chi connectivity index (χ1) is 10.5. The van der Waals surface area contributed by atoms with Gasteiger partial charge in [0.2, 0.25) is 0 Å². The average molecular weight is 312 g/mol. The Labute approximate surface area is 125 Å². The van der Waals surface area contributed by atoms with Gasteiger partial charge in [0.05, 0.1) is 0 Å². The first kappa shape index (κ1) is 14.9. The molecule has 0 saturated carbocycles. The molecule has 1 aromatic heterocycles. The Morgan fingerprint density at radius 2 is 2.00 bits per heavy atom. The molecule has 1 aliphatic rings. The molecule has 0 bridgehead atoms. The maximum Gasteiger partial charge on any atom is 0.573 e. The number of rotatable bonds is 3. The highest BCUT2D eigenvalue weighted by atomic mass is 19.4. The SMILES string of the molecule is FC(F)(F)Oc1cccc(-c2nccn2C2CCOCC2)c1. The third-order valence-corrected chi connectivity index (χ3v) is 3.58. The van der Waals surface area contributed by atoms with E-state index in [0.717, 1.165) is 12.8 Å². The predicted molar refractivity (Wildman–Crippen MR) is 73.4 cm³/mol. The van der Waals surface area contributed by atoms with Crippen molar-refractivity contribution in [2.24, 2.45) is 0 Å². The molecule has 3 rings (SSSR count). The van der Waals surface area contributed by atoms with Gasteiger partial charge in [-0.05, 0) is 25.0 Å². The maximum atomic E-state index is 12.3. The van der Waals surface area contributed by atoms with Crippen molar-refractivity contribution in [3.8, 4) is 17.1 Å². The largest absolute Gasteiger partial charge is 0.573 e. The van der Waals surface area contributed by atoms with E-state index < -0.39 is 6.36 Å². The van der Waals surface area contributed by atoms with Crippen LogP contribution in [0.3, 0.4) is 0 Å². The van der Waals surface area contributed by atoms with Crippen LogP contribution in [0.1, 0.15) is 18.9 Å². The molecule has 0 radical (unpaired) electrons. The second-order valence-electron chi connectivity index (χ2n) is 5.08. The van der Waals surface area contributed by atoms with Gasteiger partial charge in [-0.15, -0.1) is 13.2 Å². The molecule has 1 saturated heterocycles. The molecule has 7 heteroatoms. The van der Waals surface area contributed by atoms with E-state index in [4.69, 9.17) is 4.74 Å². The standard InChI is InChI=1S/C15H15F3N2O2/c16-15(17,18)22-13-3-1-2-11(10-13)14-19-6-7-20(14)12-4-8-21-9-5-12/h1-3,6-7,10,12H,4-5,8-9H2. The van der Waals surface area contributed by atoms with Gasteiger partial charge in [0.25, 0.3) is 0 Å². The van der Waals surface area contributed by atoms with Gasteiger partial charge in [-0.1, -0.05) is 12.1 Å². The summed E-state index contributed by atoms with van der Waals surface area (Å²) in [7, 11) is 0. The van der Waals surface area contributed by atoms with Crippen molar-refractivity contribution in [1.29, 1.82) is 0 Å². The van der Waals surface area contributed by atoms with Gasteiger partial charge in [-0.2, -0.15) is 0 Å².